The molecule has 0 amide bonds. The van der Waals surface area contributed by atoms with Crippen molar-refractivity contribution in [1.29, 1.82) is 0 Å². The van der Waals surface area contributed by atoms with Crippen molar-refractivity contribution in [2.24, 2.45) is 5.73 Å². The van der Waals surface area contributed by atoms with Crippen LogP contribution in [-0.2, 0) is 0 Å². The predicted molar refractivity (Wildman–Crippen MR) is 66.8 cm³/mol. The van der Waals surface area contributed by atoms with Crippen molar-refractivity contribution < 1.29 is 5.11 Å². The SMILES string of the molecule is Cc1nc2ccc(C(N)CO)cc2n1C1CC1. The number of benzene rings is 1. The first kappa shape index (κ1) is 10.7. The molecule has 90 valence electrons. The Labute approximate surface area is 100 Å². The lowest BCUT2D eigenvalue weighted by Gasteiger charge is -2.09. The zero-order valence-electron chi connectivity index (χ0n) is 9.93. The fraction of sp³-hybridized carbons (Fsp3) is 0.462. The van der Waals surface area contributed by atoms with E-state index >= 15 is 0 Å². The number of fused-ring (bicyclic) bond motifs is 1. The van der Waals surface area contributed by atoms with Gasteiger partial charge in [-0.25, -0.2) is 4.98 Å². The Hall–Kier alpha value is -1.39. The molecule has 0 spiro atoms. The highest BCUT2D eigenvalue weighted by atomic mass is 16.3. The van der Waals surface area contributed by atoms with Gasteiger partial charge in [0.15, 0.2) is 0 Å². The molecule has 1 heterocycles. The summed E-state index contributed by atoms with van der Waals surface area (Å²) in [4.78, 5) is 4.56. The number of hydrogen-bond acceptors (Lipinski definition) is 3. The molecule has 3 N–H and O–H groups in total. The number of aryl methyl sites for hydroxylation is 1. The monoisotopic (exact) mass is 231 g/mol. The van der Waals surface area contributed by atoms with Crippen molar-refractivity contribution >= 4 is 11.0 Å². The Morgan fingerprint density at radius 2 is 2.29 bits per heavy atom. The Kier molecular flexibility index (Phi) is 2.42. The van der Waals surface area contributed by atoms with E-state index in [1.165, 1.54) is 12.8 Å². The summed E-state index contributed by atoms with van der Waals surface area (Å²) in [5, 5.41) is 9.11. The molecule has 0 radical (unpaired) electrons. The fourth-order valence-electron chi connectivity index (χ4n) is 2.36. The van der Waals surface area contributed by atoms with E-state index in [-0.39, 0.29) is 12.6 Å². The summed E-state index contributed by atoms with van der Waals surface area (Å²) in [7, 11) is 0. The summed E-state index contributed by atoms with van der Waals surface area (Å²) in [5.74, 6) is 1.07. The van der Waals surface area contributed by atoms with E-state index in [1.807, 2.05) is 19.1 Å². The topological polar surface area (TPSA) is 64.1 Å². The largest absolute Gasteiger partial charge is 0.394 e. The second-order valence-corrected chi connectivity index (χ2v) is 4.80. The third-order valence-electron chi connectivity index (χ3n) is 3.43. The van der Waals surface area contributed by atoms with Gasteiger partial charge in [-0.15, -0.1) is 0 Å². The summed E-state index contributed by atoms with van der Waals surface area (Å²) in [6.07, 6.45) is 2.48. The molecule has 17 heavy (non-hydrogen) atoms. The molecule has 2 aromatic rings. The molecule has 0 bridgehead atoms. The van der Waals surface area contributed by atoms with E-state index in [9.17, 15) is 0 Å². The van der Waals surface area contributed by atoms with E-state index in [0.717, 1.165) is 22.4 Å². The van der Waals surface area contributed by atoms with Crippen LogP contribution in [0.5, 0.6) is 0 Å². The van der Waals surface area contributed by atoms with E-state index in [1.54, 1.807) is 0 Å². The number of hydrogen-bond donors (Lipinski definition) is 2. The van der Waals surface area contributed by atoms with E-state index in [4.69, 9.17) is 10.8 Å². The number of aromatic nitrogens is 2. The average molecular weight is 231 g/mol. The van der Waals surface area contributed by atoms with Crippen LogP contribution in [0.4, 0.5) is 0 Å². The molecular weight excluding hydrogens is 214 g/mol. The quantitative estimate of drug-likeness (QED) is 0.844. The molecule has 1 unspecified atom stereocenters. The van der Waals surface area contributed by atoms with Gasteiger partial charge in [-0.3, -0.25) is 0 Å². The maximum absolute atomic E-state index is 9.11. The lowest BCUT2D eigenvalue weighted by Crippen LogP contribution is -2.14. The highest BCUT2D eigenvalue weighted by Gasteiger charge is 2.27. The van der Waals surface area contributed by atoms with Crippen LogP contribution < -0.4 is 5.73 Å². The van der Waals surface area contributed by atoms with Crippen molar-refractivity contribution in [2.45, 2.75) is 31.8 Å². The normalized spacial score (nSPS) is 17.6. The number of imidazole rings is 1. The minimum atomic E-state index is -0.303. The molecule has 1 atom stereocenters. The molecule has 1 aliphatic rings. The van der Waals surface area contributed by atoms with Gasteiger partial charge in [0.25, 0.3) is 0 Å². The van der Waals surface area contributed by atoms with E-state index < -0.39 is 0 Å². The number of nitrogens with zero attached hydrogens (tertiary/aromatic N) is 2. The number of rotatable bonds is 3. The van der Waals surface area contributed by atoms with Gasteiger partial charge in [-0.2, -0.15) is 0 Å². The number of nitrogens with two attached hydrogens (primary N) is 1. The van der Waals surface area contributed by atoms with Crippen LogP contribution in [0, 0.1) is 6.92 Å². The Balaban J connectivity index is 2.16. The van der Waals surface area contributed by atoms with Crippen LogP contribution in [0.3, 0.4) is 0 Å². The van der Waals surface area contributed by atoms with Gasteiger partial charge in [0, 0.05) is 6.04 Å². The van der Waals surface area contributed by atoms with Gasteiger partial charge in [0.1, 0.15) is 5.82 Å². The van der Waals surface area contributed by atoms with Crippen molar-refractivity contribution in [1.82, 2.24) is 9.55 Å². The highest BCUT2D eigenvalue weighted by Crippen LogP contribution is 2.38. The summed E-state index contributed by atoms with van der Waals surface area (Å²) in [5.41, 5.74) is 8.99. The third-order valence-corrected chi connectivity index (χ3v) is 3.43. The number of aliphatic hydroxyl groups excluding tert-OH is 1. The highest BCUT2D eigenvalue weighted by molar-refractivity contribution is 5.77. The zero-order valence-corrected chi connectivity index (χ0v) is 9.93. The number of aliphatic hydroxyl groups is 1. The Morgan fingerprint density at radius 3 is 2.94 bits per heavy atom. The molecule has 1 saturated carbocycles. The second-order valence-electron chi connectivity index (χ2n) is 4.80. The minimum Gasteiger partial charge on any atom is -0.394 e. The first-order valence-corrected chi connectivity index (χ1v) is 6.05. The summed E-state index contributed by atoms with van der Waals surface area (Å²) in [6.45, 7) is 2.02. The maximum Gasteiger partial charge on any atom is 0.106 e. The Morgan fingerprint density at radius 1 is 1.53 bits per heavy atom. The molecule has 1 aromatic heterocycles. The van der Waals surface area contributed by atoms with Crippen LogP contribution in [0.25, 0.3) is 11.0 Å². The van der Waals surface area contributed by atoms with Crippen LogP contribution in [-0.4, -0.2) is 21.3 Å². The van der Waals surface area contributed by atoms with Gasteiger partial charge < -0.3 is 15.4 Å². The van der Waals surface area contributed by atoms with Crippen molar-refractivity contribution in [3.8, 4) is 0 Å². The second kappa shape index (κ2) is 3.82. The Bertz CT molecular complexity index is 557. The van der Waals surface area contributed by atoms with Crippen LogP contribution in [0.1, 0.15) is 36.3 Å². The van der Waals surface area contributed by atoms with Gasteiger partial charge >= 0.3 is 0 Å². The minimum absolute atomic E-state index is 0.0257. The first-order valence-electron chi connectivity index (χ1n) is 6.05. The van der Waals surface area contributed by atoms with Crippen molar-refractivity contribution in [3.05, 3.63) is 29.6 Å². The maximum atomic E-state index is 9.11. The van der Waals surface area contributed by atoms with Crippen LogP contribution in [0.2, 0.25) is 0 Å². The summed E-state index contributed by atoms with van der Waals surface area (Å²) in [6, 6.07) is 6.32. The molecule has 4 heteroatoms. The summed E-state index contributed by atoms with van der Waals surface area (Å²) >= 11 is 0. The van der Waals surface area contributed by atoms with Crippen LogP contribution >= 0.6 is 0 Å². The fourth-order valence-corrected chi connectivity index (χ4v) is 2.36. The molecule has 1 aromatic carbocycles. The molecule has 1 aliphatic carbocycles. The van der Waals surface area contributed by atoms with Gasteiger partial charge in [0.2, 0.25) is 0 Å². The lowest BCUT2D eigenvalue weighted by molar-refractivity contribution is 0.268. The first-order chi connectivity index (χ1) is 8.20. The zero-order chi connectivity index (χ0) is 12.0. The molecular formula is C13H17N3O. The standard InChI is InChI=1S/C13H17N3O/c1-8-15-12-5-2-9(11(14)7-17)6-13(12)16(8)10-3-4-10/h2,5-6,10-11,17H,3-4,7,14H2,1H3. The summed E-state index contributed by atoms with van der Waals surface area (Å²) < 4.78 is 2.29. The molecule has 4 nitrogen and oxygen atoms in total. The van der Waals surface area contributed by atoms with Crippen molar-refractivity contribution in [2.75, 3.05) is 6.61 Å². The molecule has 3 rings (SSSR count). The smallest absolute Gasteiger partial charge is 0.106 e. The molecule has 0 saturated heterocycles. The van der Waals surface area contributed by atoms with Crippen LogP contribution in [0.15, 0.2) is 18.2 Å². The van der Waals surface area contributed by atoms with E-state index in [0.29, 0.717) is 6.04 Å². The van der Waals surface area contributed by atoms with Gasteiger partial charge in [0.05, 0.1) is 23.7 Å². The third kappa shape index (κ3) is 1.73. The molecule has 0 aliphatic heterocycles. The van der Waals surface area contributed by atoms with E-state index in [2.05, 4.69) is 15.6 Å². The molecule has 1 fully saturated rings. The predicted octanol–water partition coefficient (Wildman–Crippen LogP) is 1.67. The van der Waals surface area contributed by atoms with Crippen molar-refractivity contribution in [3.63, 3.8) is 0 Å². The van der Waals surface area contributed by atoms with Gasteiger partial charge in [-0.05, 0) is 37.5 Å². The average Bonchev–Trinajstić information content (AvgIpc) is 3.10. The van der Waals surface area contributed by atoms with Gasteiger partial charge in [-0.1, -0.05) is 6.07 Å². The lowest BCUT2D eigenvalue weighted by atomic mass is 10.1.